The molecular formula is C17H19N3O. The number of para-hydroxylation sites is 1. The van der Waals surface area contributed by atoms with Gasteiger partial charge in [-0.25, -0.2) is 4.98 Å². The molecule has 1 aromatic carbocycles. The van der Waals surface area contributed by atoms with Crippen LogP contribution in [0.1, 0.15) is 31.2 Å². The molecule has 4 heteroatoms. The van der Waals surface area contributed by atoms with Gasteiger partial charge >= 0.3 is 0 Å². The molecule has 2 aromatic rings. The van der Waals surface area contributed by atoms with Crippen molar-refractivity contribution in [2.75, 3.05) is 6.54 Å². The average molecular weight is 281 g/mol. The number of rotatable bonds is 3. The summed E-state index contributed by atoms with van der Waals surface area (Å²) < 4.78 is 6.08. The van der Waals surface area contributed by atoms with Crippen LogP contribution in [0.4, 0.5) is 0 Å². The van der Waals surface area contributed by atoms with Gasteiger partial charge in [0, 0.05) is 11.3 Å². The highest BCUT2D eigenvalue weighted by molar-refractivity contribution is 5.80. The zero-order chi connectivity index (χ0) is 14.7. The molecule has 1 aliphatic carbocycles. The summed E-state index contributed by atoms with van der Waals surface area (Å²) in [6, 6.07) is 11.8. The van der Waals surface area contributed by atoms with Crippen molar-refractivity contribution in [3.63, 3.8) is 0 Å². The van der Waals surface area contributed by atoms with E-state index in [9.17, 15) is 5.26 Å². The lowest BCUT2D eigenvalue weighted by Crippen LogP contribution is -2.35. The Labute approximate surface area is 124 Å². The van der Waals surface area contributed by atoms with E-state index >= 15 is 0 Å². The van der Waals surface area contributed by atoms with Crippen LogP contribution in [-0.2, 0) is 0 Å². The summed E-state index contributed by atoms with van der Waals surface area (Å²) in [4.78, 5) is 4.52. The molecule has 1 heterocycles. The van der Waals surface area contributed by atoms with E-state index < -0.39 is 0 Å². The van der Waals surface area contributed by atoms with Gasteiger partial charge in [0.25, 0.3) is 0 Å². The van der Waals surface area contributed by atoms with Crippen LogP contribution >= 0.6 is 0 Å². The summed E-state index contributed by atoms with van der Waals surface area (Å²) in [7, 11) is 0. The number of nitrogens with zero attached hydrogens (tertiary/aromatic N) is 2. The smallest absolute Gasteiger partial charge is 0.232 e. The molecule has 1 saturated carbocycles. The maximum Gasteiger partial charge on any atom is 0.232 e. The van der Waals surface area contributed by atoms with Crippen LogP contribution in [0.3, 0.4) is 0 Å². The van der Waals surface area contributed by atoms with E-state index in [-0.39, 0.29) is 6.10 Å². The van der Waals surface area contributed by atoms with Gasteiger partial charge in [-0.1, -0.05) is 24.6 Å². The Morgan fingerprint density at radius 3 is 2.90 bits per heavy atom. The predicted octanol–water partition coefficient (Wildman–Crippen LogP) is 3.00. The van der Waals surface area contributed by atoms with Gasteiger partial charge in [0.1, 0.15) is 17.7 Å². The number of nitrogens with two attached hydrogens (primary N) is 1. The first kappa shape index (κ1) is 13.8. The van der Waals surface area contributed by atoms with E-state index in [1.165, 1.54) is 6.42 Å². The summed E-state index contributed by atoms with van der Waals surface area (Å²) in [5.74, 6) is 0.806. The van der Waals surface area contributed by atoms with Gasteiger partial charge in [-0.15, -0.1) is 0 Å². The third-order valence-corrected chi connectivity index (χ3v) is 4.21. The van der Waals surface area contributed by atoms with Gasteiger partial charge < -0.3 is 10.5 Å². The van der Waals surface area contributed by atoms with Crippen LogP contribution in [0.15, 0.2) is 30.3 Å². The summed E-state index contributed by atoms with van der Waals surface area (Å²) in [5, 5.41) is 10.3. The third-order valence-electron chi connectivity index (χ3n) is 4.21. The number of nitriles is 1. The molecule has 2 atom stereocenters. The van der Waals surface area contributed by atoms with E-state index in [4.69, 9.17) is 10.5 Å². The second-order valence-corrected chi connectivity index (χ2v) is 5.58. The minimum atomic E-state index is 0.0736. The highest BCUT2D eigenvalue weighted by Gasteiger charge is 2.26. The van der Waals surface area contributed by atoms with Gasteiger partial charge in [0.15, 0.2) is 0 Å². The predicted molar refractivity (Wildman–Crippen MR) is 81.9 cm³/mol. The van der Waals surface area contributed by atoms with Crippen LogP contribution < -0.4 is 10.5 Å². The minimum Gasteiger partial charge on any atom is -0.473 e. The maximum absolute atomic E-state index is 9.34. The molecule has 1 aromatic heterocycles. The van der Waals surface area contributed by atoms with Gasteiger partial charge in [0.2, 0.25) is 5.88 Å². The largest absolute Gasteiger partial charge is 0.473 e. The van der Waals surface area contributed by atoms with Crippen LogP contribution in [0, 0.1) is 17.2 Å². The van der Waals surface area contributed by atoms with E-state index in [0.29, 0.717) is 23.9 Å². The monoisotopic (exact) mass is 281 g/mol. The first-order valence-corrected chi connectivity index (χ1v) is 7.48. The molecule has 1 aliphatic rings. The van der Waals surface area contributed by atoms with E-state index in [1.54, 1.807) is 0 Å². The molecule has 2 N–H and O–H groups in total. The number of aromatic nitrogens is 1. The zero-order valence-electron chi connectivity index (χ0n) is 12.0. The SMILES string of the molecule is N#Cc1cc2ccccc2nc1OC1CCCCC1CN. The minimum absolute atomic E-state index is 0.0736. The Morgan fingerprint density at radius 2 is 2.10 bits per heavy atom. The zero-order valence-corrected chi connectivity index (χ0v) is 12.0. The molecule has 0 saturated heterocycles. The molecule has 2 unspecified atom stereocenters. The number of fused-ring (bicyclic) bond motifs is 1. The van der Waals surface area contributed by atoms with Crippen molar-refractivity contribution in [1.29, 1.82) is 5.26 Å². The molecule has 0 spiro atoms. The van der Waals surface area contributed by atoms with Crippen LogP contribution in [-0.4, -0.2) is 17.6 Å². The Bertz CT molecular complexity index is 677. The fraction of sp³-hybridized carbons (Fsp3) is 0.412. The summed E-state index contributed by atoms with van der Waals surface area (Å²) in [6.07, 6.45) is 4.51. The van der Waals surface area contributed by atoms with Crippen LogP contribution in [0.5, 0.6) is 5.88 Å². The van der Waals surface area contributed by atoms with Crippen molar-refractivity contribution < 1.29 is 4.74 Å². The first-order chi connectivity index (χ1) is 10.3. The Morgan fingerprint density at radius 1 is 1.29 bits per heavy atom. The number of benzene rings is 1. The lowest BCUT2D eigenvalue weighted by Gasteiger charge is -2.30. The summed E-state index contributed by atoms with van der Waals surface area (Å²) in [5.41, 5.74) is 7.19. The van der Waals surface area contributed by atoms with E-state index in [1.807, 2.05) is 30.3 Å². The lowest BCUT2D eigenvalue weighted by molar-refractivity contribution is 0.0923. The molecule has 0 amide bonds. The lowest BCUT2D eigenvalue weighted by atomic mass is 9.86. The number of pyridine rings is 1. The standard InChI is InChI=1S/C17H19N3O/c18-10-13-6-2-4-8-16(13)21-17-14(11-19)9-12-5-1-3-7-15(12)20-17/h1,3,5,7,9,13,16H,2,4,6,8,10,18H2. The fourth-order valence-electron chi connectivity index (χ4n) is 3.01. The molecule has 108 valence electrons. The number of ether oxygens (including phenoxy) is 1. The first-order valence-electron chi connectivity index (χ1n) is 7.48. The van der Waals surface area contributed by atoms with Crippen molar-refractivity contribution in [3.8, 4) is 11.9 Å². The number of hydrogen-bond acceptors (Lipinski definition) is 4. The van der Waals surface area contributed by atoms with Crippen molar-refractivity contribution in [3.05, 3.63) is 35.9 Å². The summed E-state index contributed by atoms with van der Waals surface area (Å²) in [6.45, 7) is 0.625. The van der Waals surface area contributed by atoms with E-state index in [0.717, 1.165) is 30.2 Å². The average Bonchev–Trinajstić information content (AvgIpc) is 2.54. The second-order valence-electron chi connectivity index (χ2n) is 5.58. The molecule has 21 heavy (non-hydrogen) atoms. The van der Waals surface area contributed by atoms with Crippen molar-refractivity contribution >= 4 is 10.9 Å². The van der Waals surface area contributed by atoms with E-state index in [2.05, 4.69) is 11.1 Å². The topological polar surface area (TPSA) is 71.9 Å². The van der Waals surface area contributed by atoms with Gasteiger partial charge in [-0.05, 0) is 37.9 Å². The van der Waals surface area contributed by atoms with Gasteiger partial charge in [0.05, 0.1) is 5.52 Å². The normalized spacial score (nSPS) is 21.9. The molecule has 0 radical (unpaired) electrons. The quantitative estimate of drug-likeness (QED) is 0.938. The highest BCUT2D eigenvalue weighted by Crippen LogP contribution is 2.29. The third kappa shape index (κ3) is 2.84. The van der Waals surface area contributed by atoms with Crippen molar-refractivity contribution in [2.45, 2.75) is 31.8 Å². The number of hydrogen-bond donors (Lipinski definition) is 1. The van der Waals surface area contributed by atoms with Crippen molar-refractivity contribution in [2.24, 2.45) is 11.7 Å². The van der Waals surface area contributed by atoms with Crippen LogP contribution in [0.25, 0.3) is 10.9 Å². The molecule has 3 rings (SSSR count). The van der Waals surface area contributed by atoms with Gasteiger partial charge in [-0.2, -0.15) is 5.26 Å². The molecular weight excluding hydrogens is 262 g/mol. The van der Waals surface area contributed by atoms with Crippen LogP contribution in [0.2, 0.25) is 0 Å². The Balaban J connectivity index is 1.93. The summed E-state index contributed by atoms with van der Waals surface area (Å²) >= 11 is 0. The molecule has 1 fully saturated rings. The van der Waals surface area contributed by atoms with Crippen molar-refractivity contribution in [1.82, 2.24) is 4.98 Å². The molecule has 4 nitrogen and oxygen atoms in total. The van der Waals surface area contributed by atoms with Gasteiger partial charge in [-0.3, -0.25) is 0 Å². The fourth-order valence-corrected chi connectivity index (χ4v) is 3.01. The Hall–Kier alpha value is -2.12. The Kier molecular flexibility index (Phi) is 4.03. The maximum atomic E-state index is 9.34. The highest BCUT2D eigenvalue weighted by atomic mass is 16.5. The molecule has 0 bridgehead atoms. The molecule has 0 aliphatic heterocycles. The second kappa shape index (κ2) is 6.11.